The van der Waals surface area contributed by atoms with E-state index < -0.39 is 0 Å². The summed E-state index contributed by atoms with van der Waals surface area (Å²) < 4.78 is 6.22. The predicted molar refractivity (Wildman–Crippen MR) is 86.3 cm³/mol. The molecule has 122 valence electrons. The fourth-order valence-electron chi connectivity index (χ4n) is 5.31. The molecular weight excluding hydrogens is 260 g/mol. The van der Waals surface area contributed by atoms with Gasteiger partial charge in [0.2, 0.25) is 0 Å². The van der Waals surface area contributed by atoms with Crippen molar-refractivity contribution >= 4 is 0 Å². The van der Waals surface area contributed by atoms with Gasteiger partial charge in [-0.1, -0.05) is 39.0 Å². The molecule has 3 aliphatic rings. The second-order valence-corrected chi connectivity index (χ2v) is 8.12. The molecule has 3 fully saturated rings. The van der Waals surface area contributed by atoms with Crippen LogP contribution in [0.4, 0.5) is 0 Å². The van der Waals surface area contributed by atoms with E-state index in [2.05, 4.69) is 6.92 Å². The maximum Gasteiger partial charge on any atom is 0.0686 e. The molecule has 0 aromatic carbocycles. The van der Waals surface area contributed by atoms with Crippen molar-refractivity contribution in [2.75, 3.05) is 6.61 Å². The Hall–Kier alpha value is -0.0800. The van der Waals surface area contributed by atoms with Gasteiger partial charge in [0.25, 0.3) is 0 Å². The Kier molecular flexibility index (Phi) is 4.95. The highest BCUT2D eigenvalue weighted by Gasteiger charge is 2.47. The first-order valence-electron chi connectivity index (χ1n) is 9.52. The molecule has 0 aromatic heterocycles. The smallest absolute Gasteiger partial charge is 0.0686 e. The molecule has 1 unspecified atom stereocenters. The van der Waals surface area contributed by atoms with Gasteiger partial charge in [0.05, 0.1) is 11.2 Å². The number of ether oxygens (including phenoxy) is 1. The van der Waals surface area contributed by atoms with Crippen LogP contribution in [-0.2, 0) is 4.74 Å². The average molecular weight is 294 g/mol. The highest BCUT2D eigenvalue weighted by Crippen LogP contribution is 2.48. The number of hydrogen-bond acceptors (Lipinski definition) is 2. The van der Waals surface area contributed by atoms with Crippen molar-refractivity contribution in [3.05, 3.63) is 0 Å². The van der Waals surface area contributed by atoms with Crippen LogP contribution >= 0.6 is 0 Å². The Morgan fingerprint density at radius 2 is 1.71 bits per heavy atom. The summed E-state index contributed by atoms with van der Waals surface area (Å²) in [6, 6.07) is 0. The summed E-state index contributed by atoms with van der Waals surface area (Å²) in [5.41, 5.74) is -0.240. The van der Waals surface area contributed by atoms with E-state index in [1.165, 1.54) is 57.8 Å². The van der Waals surface area contributed by atoms with Crippen LogP contribution < -0.4 is 0 Å². The van der Waals surface area contributed by atoms with Crippen LogP contribution in [0.15, 0.2) is 0 Å². The molecule has 3 rings (SSSR count). The maximum absolute atomic E-state index is 11.2. The topological polar surface area (TPSA) is 29.5 Å². The Labute approximate surface area is 130 Å². The van der Waals surface area contributed by atoms with E-state index in [0.29, 0.717) is 5.92 Å². The lowest BCUT2D eigenvalue weighted by atomic mass is 9.65. The monoisotopic (exact) mass is 294 g/mol. The molecular formula is C19H34O2. The third kappa shape index (κ3) is 3.47. The van der Waals surface area contributed by atoms with E-state index in [1.807, 2.05) is 0 Å². The molecule has 1 aliphatic heterocycles. The van der Waals surface area contributed by atoms with Crippen molar-refractivity contribution in [1.82, 2.24) is 0 Å². The zero-order valence-electron chi connectivity index (χ0n) is 13.9. The van der Waals surface area contributed by atoms with E-state index in [0.717, 1.165) is 38.2 Å². The summed E-state index contributed by atoms with van der Waals surface area (Å²) in [6.45, 7) is 3.16. The predicted octanol–water partition coefficient (Wildman–Crippen LogP) is 4.84. The van der Waals surface area contributed by atoms with Crippen molar-refractivity contribution < 1.29 is 9.84 Å². The third-order valence-corrected chi connectivity index (χ3v) is 6.69. The molecule has 0 amide bonds. The summed E-state index contributed by atoms with van der Waals surface area (Å²) >= 11 is 0. The lowest BCUT2D eigenvalue weighted by Crippen LogP contribution is -2.50. The molecule has 1 spiro atoms. The molecule has 1 heterocycles. The van der Waals surface area contributed by atoms with Crippen LogP contribution in [0.3, 0.4) is 0 Å². The molecule has 0 radical (unpaired) electrons. The SMILES string of the molecule is CCCC1CCC(O)(C2CCOC3(CCCCC3)C2)CC1. The number of rotatable bonds is 3. The fourth-order valence-corrected chi connectivity index (χ4v) is 5.31. The molecule has 0 aromatic rings. The Bertz CT molecular complexity index is 319. The van der Waals surface area contributed by atoms with Crippen molar-refractivity contribution in [3.8, 4) is 0 Å². The minimum Gasteiger partial charge on any atom is -0.390 e. The summed E-state index contributed by atoms with van der Waals surface area (Å²) in [7, 11) is 0. The molecule has 0 bridgehead atoms. The van der Waals surface area contributed by atoms with Gasteiger partial charge in [0.1, 0.15) is 0 Å². The highest BCUT2D eigenvalue weighted by atomic mass is 16.5. The normalized spacial score (nSPS) is 40.3. The van der Waals surface area contributed by atoms with Gasteiger partial charge < -0.3 is 9.84 Å². The van der Waals surface area contributed by atoms with Crippen molar-refractivity contribution in [3.63, 3.8) is 0 Å². The molecule has 2 nitrogen and oxygen atoms in total. The first-order valence-corrected chi connectivity index (χ1v) is 9.52. The van der Waals surface area contributed by atoms with E-state index in [4.69, 9.17) is 4.74 Å². The number of aliphatic hydroxyl groups is 1. The highest BCUT2D eigenvalue weighted by molar-refractivity contribution is 4.98. The summed E-state index contributed by atoms with van der Waals surface area (Å²) in [5, 5.41) is 11.2. The van der Waals surface area contributed by atoms with Gasteiger partial charge in [-0.25, -0.2) is 0 Å². The standard InChI is InChI=1S/C19H34O2/c1-2-6-16-7-12-19(20,13-8-16)17-9-14-21-18(15-17)10-4-3-5-11-18/h16-17,20H,2-15H2,1H3. The minimum atomic E-state index is -0.377. The minimum absolute atomic E-state index is 0.136. The zero-order valence-corrected chi connectivity index (χ0v) is 13.9. The summed E-state index contributed by atoms with van der Waals surface area (Å²) in [5.74, 6) is 1.37. The van der Waals surface area contributed by atoms with Gasteiger partial charge in [0.15, 0.2) is 0 Å². The number of hydrogen-bond donors (Lipinski definition) is 1. The third-order valence-electron chi connectivity index (χ3n) is 6.69. The van der Waals surface area contributed by atoms with E-state index in [-0.39, 0.29) is 11.2 Å². The van der Waals surface area contributed by atoms with E-state index >= 15 is 0 Å². The molecule has 1 N–H and O–H groups in total. The van der Waals surface area contributed by atoms with Crippen LogP contribution in [-0.4, -0.2) is 22.9 Å². The van der Waals surface area contributed by atoms with Gasteiger partial charge in [-0.05, 0) is 63.2 Å². The van der Waals surface area contributed by atoms with Gasteiger partial charge in [-0.2, -0.15) is 0 Å². The van der Waals surface area contributed by atoms with Crippen molar-refractivity contribution in [1.29, 1.82) is 0 Å². The van der Waals surface area contributed by atoms with Crippen LogP contribution in [0.5, 0.6) is 0 Å². The largest absolute Gasteiger partial charge is 0.390 e. The quantitative estimate of drug-likeness (QED) is 0.807. The van der Waals surface area contributed by atoms with Gasteiger partial charge in [0, 0.05) is 6.61 Å². The molecule has 2 saturated carbocycles. The van der Waals surface area contributed by atoms with E-state index in [9.17, 15) is 5.11 Å². The Morgan fingerprint density at radius 3 is 2.38 bits per heavy atom. The van der Waals surface area contributed by atoms with Crippen molar-refractivity contribution in [2.45, 2.75) is 102 Å². The lowest BCUT2D eigenvalue weighted by molar-refractivity contribution is -0.165. The van der Waals surface area contributed by atoms with E-state index in [1.54, 1.807) is 0 Å². The maximum atomic E-state index is 11.2. The molecule has 1 atom stereocenters. The van der Waals surface area contributed by atoms with Gasteiger partial charge in [-0.3, -0.25) is 0 Å². The van der Waals surface area contributed by atoms with Crippen molar-refractivity contribution in [2.24, 2.45) is 11.8 Å². The second kappa shape index (κ2) is 6.58. The Balaban J connectivity index is 1.60. The average Bonchev–Trinajstić information content (AvgIpc) is 2.51. The fraction of sp³-hybridized carbons (Fsp3) is 1.00. The van der Waals surface area contributed by atoms with Crippen LogP contribution in [0.1, 0.15) is 90.4 Å². The van der Waals surface area contributed by atoms with Crippen LogP contribution in [0.2, 0.25) is 0 Å². The van der Waals surface area contributed by atoms with Gasteiger partial charge >= 0.3 is 0 Å². The van der Waals surface area contributed by atoms with Crippen LogP contribution in [0, 0.1) is 11.8 Å². The lowest BCUT2D eigenvalue weighted by Gasteiger charge is -2.50. The zero-order chi connectivity index (χ0) is 14.8. The van der Waals surface area contributed by atoms with Crippen LogP contribution in [0.25, 0.3) is 0 Å². The first kappa shape index (κ1) is 15.8. The molecule has 2 heteroatoms. The summed E-state index contributed by atoms with van der Waals surface area (Å²) in [4.78, 5) is 0. The molecule has 21 heavy (non-hydrogen) atoms. The molecule has 1 saturated heterocycles. The second-order valence-electron chi connectivity index (χ2n) is 8.12. The van der Waals surface area contributed by atoms with Gasteiger partial charge in [-0.15, -0.1) is 0 Å². The first-order chi connectivity index (χ1) is 10.2. The molecule has 2 aliphatic carbocycles. The Morgan fingerprint density at radius 1 is 1.00 bits per heavy atom. The summed E-state index contributed by atoms with van der Waals surface area (Å²) in [6.07, 6.45) is 15.9.